The van der Waals surface area contributed by atoms with E-state index in [0.717, 1.165) is 105 Å². The van der Waals surface area contributed by atoms with Crippen LogP contribution in [0.5, 0.6) is 0 Å². The largest absolute Gasteiger partial charge is 0.455 e. The summed E-state index contributed by atoms with van der Waals surface area (Å²) in [6.45, 7) is 2.21. The van der Waals surface area contributed by atoms with Crippen LogP contribution in [0.3, 0.4) is 0 Å². The predicted molar refractivity (Wildman–Crippen MR) is 231 cm³/mol. The molecule has 4 aromatic heterocycles. The maximum absolute atomic E-state index is 6.95. The minimum atomic E-state index is 0.863. The summed E-state index contributed by atoms with van der Waals surface area (Å²) >= 11 is 0. The smallest absolute Gasteiger partial charge is 0.146 e. The van der Waals surface area contributed by atoms with Gasteiger partial charge in [0.15, 0.2) is 0 Å². The zero-order valence-corrected chi connectivity index (χ0v) is 30.4. The maximum Gasteiger partial charge on any atom is 0.146 e. The first kappa shape index (κ1) is 30.9. The van der Waals surface area contributed by atoms with E-state index in [0.29, 0.717) is 0 Å². The van der Waals surface area contributed by atoms with Crippen molar-refractivity contribution in [3.8, 4) is 33.9 Å². The molecule has 0 bridgehead atoms. The second-order valence-electron chi connectivity index (χ2n) is 14.6. The predicted octanol–water partition coefficient (Wildman–Crippen LogP) is 13.4. The summed E-state index contributed by atoms with van der Waals surface area (Å²) in [6.07, 6.45) is 0. The molecule has 0 spiro atoms. The van der Waals surface area contributed by atoms with Crippen LogP contribution in [0.2, 0.25) is 0 Å². The van der Waals surface area contributed by atoms with E-state index in [1.165, 1.54) is 10.8 Å². The Balaban J connectivity index is 1.23. The number of hydrogen-bond donors (Lipinski definition) is 0. The van der Waals surface area contributed by atoms with Gasteiger partial charge in [0.1, 0.15) is 11.2 Å². The molecule has 0 amide bonds. The molecule has 12 rings (SSSR count). The van der Waals surface area contributed by atoms with E-state index in [4.69, 9.17) is 14.4 Å². The number of rotatable bonds is 4. The maximum atomic E-state index is 6.95. The molecule has 5 nitrogen and oxygen atoms in total. The average Bonchev–Trinajstić information content (AvgIpc) is 3.92. The number of aryl methyl sites for hydroxylation is 1. The summed E-state index contributed by atoms with van der Waals surface area (Å²) in [4.78, 5) is 10.4. The van der Waals surface area contributed by atoms with Crippen molar-refractivity contribution >= 4 is 76.6 Å². The van der Waals surface area contributed by atoms with Gasteiger partial charge in [0, 0.05) is 49.4 Å². The lowest BCUT2D eigenvalue weighted by atomic mass is 10.0. The van der Waals surface area contributed by atoms with Crippen LogP contribution >= 0.6 is 0 Å². The highest BCUT2D eigenvalue weighted by Crippen LogP contribution is 2.49. The Kier molecular flexibility index (Phi) is 6.48. The van der Waals surface area contributed by atoms with Crippen molar-refractivity contribution in [3.05, 3.63) is 181 Å². The number of furan rings is 1. The molecule has 0 aliphatic rings. The first-order valence-corrected chi connectivity index (χ1v) is 19.0. The average molecular weight is 717 g/mol. The van der Waals surface area contributed by atoms with Gasteiger partial charge in [0.05, 0.1) is 49.9 Å². The number of benzene rings is 8. The molecule has 12 aromatic rings. The highest BCUT2D eigenvalue weighted by Gasteiger charge is 2.28. The molecule has 0 radical (unpaired) electrons. The van der Waals surface area contributed by atoms with Gasteiger partial charge in [-0.3, -0.25) is 0 Å². The van der Waals surface area contributed by atoms with Crippen LogP contribution in [0.1, 0.15) is 5.56 Å². The standard InChI is InChI=1S/C51H32N4O/c1-31-30-33(48-47(32-16-4-2-5-17-32)52-38-23-11-12-24-39(38)53-48)28-29-40(31)55-42-26-14-9-21-36(42)46-50(55)49-44(45-37-22-10-15-27-43(37)56-51(45)46)35-20-8-13-25-41(35)54(49)34-18-6-3-7-19-34/h2-30H,1H3. The first-order chi connectivity index (χ1) is 27.7. The third-order valence-electron chi connectivity index (χ3n) is 11.4. The summed E-state index contributed by atoms with van der Waals surface area (Å²) in [5.41, 5.74) is 15.2. The normalized spacial score (nSPS) is 12.0. The Labute approximate surface area is 321 Å². The van der Waals surface area contributed by atoms with Crippen molar-refractivity contribution in [2.45, 2.75) is 6.92 Å². The van der Waals surface area contributed by atoms with Gasteiger partial charge in [0.25, 0.3) is 0 Å². The van der Waals surface area contributed by atoms with Crippen LogP contribution in [-0.4, -0.2) is 19.1 Å². The van der Waals surface area contributed by atoms with Crippen LogP contribution < -0.4 is 0 Å². The number of aromatic nitrogens is 4. The molecular formula is C51H32N4O. The van der Waals surface area contributed by atoms with Crippen molar-refractivity contribution in [2.75, 3.05) is 0 Å². The SMILES string of the molecule is Cc1cc(-c2nc3ccccc3nc2-c2ccccc2)ccc1-n1c2ccccc2c2c3oc4ccccc4c3c3c4ccccc4n(-c4ccccc4)c3c21. The second-order valence-corrected chi connectivity index (χ2v) is 14.6. The third kappa shape index (κ3) is 4.31. The summed E-state index contributed by atoms with van der Waals surface area (Å²) in [5.74, 6) is 0. The molecular weight excluding hydrogens is 685 g/mol. The Hall–Kier alpha value is -7.50. The first-order valence-electron chi connectivity index (χ1n) is 19.0. The lowest BCUT2D eigenvalue weighted by Crippen LogP contribution is -2.01. The van der Waals surface area contributed by atoms with E-state index in [9.17, 15) is 0 Å². The zero-order valence-electron chi connectivity index (χ0n) is 30.4. The topological polar surface area (TPSA) is 48.8 Å². The summed E-state index contributed by atoms with van der Waals surface area (Å²) in [6, 6.07) is 61.9. The molecule has 0 aliphatic carbocycles. The van der Waals surface area contributed by atoms with Gasteiger partial charge in [-0.1, -0.05) is 121 Å². The third-order valence-corrected chi connectivity index (χ3v) is 11.4. The second kappa shape index (κ2) is 11.7. The molecule has 0 N–H and O–H groups in total. The zero-order chi connectivity index (χ0) is 36.9. The van der Waals surface area contributed by atoms with Gasteiger partial charge in [-0.15, -0.1) is 0 Å². The van der Waals surface area contributed by atoms with E-state index in [1.807, 2.05) is 30.3 Å². The summed E-state index contributed by atoms with van der Waals surface area (Å²) < 4.78 is 11.9. The van der Waals surface area contributed by atoms with E-state index in [2.05, 4.69) is 162 Å². The van der Waals surface area contributed by atoms with E-state index in [1.54, 1.807) is 0 Å². The number of para-hydroxylation sites is 6. The van der Waals surface area contributed by atoms with Gasteiger partial charge in [-0.05, 0) is 67.1 Å². The fraction of sp³-hybridized carbons (Fsp3) is 0.0196. The fourth-order valence-electron chi connectivity index (χ4n) is 9.03. The lowest BCUT2D eigenvalue weighted by Gasteiger charge is -2.16. The van der Waals surface area contributed by atoms with Gasteiger partial charge in [-0.2, -0.15) is 0 Å². The van der Waals surface area contributed by atoms with Gasteiger partial charge in [-0.25, -0.2) is 9.97 Å². The van der Waals surface area contributed by atoms with Crippen LogP contribution in [0.25, 0.3) is 110 Å². The Bertz CT molecular complexity index is 3540. The van der Waals surface area contributed by atoms with E-state index < -0.39 is 0 Å². The Morgan fingerprint density at radius 1 is 0.446 bits per heavy atom. The molecule has 0 saturated carbocycles. The molecule has 262 valence electrons. The monoisotopic (exact) mass is 716 g/mol. The van der Waals surface area contributed by atoms with Crippen LogP contribution in [0, 0.1) is 6.92 Å². The lowest BCUT2D eigenvalue weighted by molar-refractivity contribution is 0.673. The molecule has 5 heteroatoms. The minimum absolute atomic E-state index is 0.863. The van der Waals surface area contributed by atoms with Crippen molar-refractivity contribution in [1.29, 1.82) is 0 Å². The quantitative estimate of drug-likeness (QED) is 0.182. The van der Waals surface area contributed by atoms with Crippen LogP contribution in [0.4, 0.5) is 0 Å². The molecule has 0 fully saturated rings. The van der Waals surface area contributed by atoms with Crippen LogP contribution in [0.15, 0.2) is 180 Å². The highest BCUT2D eigenvalue weighted by atomic mass is 16.3. The molecule has 4 heterocycles. The van der Waals surface area contributed by atoms with Gasteiger partial charge in [0.2, 0.25) is 0 Å². The summed E-state index contributed by atoms with van der Waals surface area (Å²) in [5, 5.41) is 6.90. The molecule has 56 heavy (non-hydrogen) atoms. The summed E-state index contributed by atoms with van der Waals surface area (Å²) in [7, 11) is 0. The minimum Gasteiger partial charge on any atom is -0.455 e. The van der Waals surface area contributed by atoms with Crippen molar-refractivity contribution < 1.29 is 4.42 Å². The highest BCUT2D eigenvalue weighted by molar-refractivity contribution is 6.39. The molecule has 0 atom stereocenters. The molecule has 0 unspecified atom stereocenters. The van der Waals surface area contributed by atoms with E-state index in [-0.39, 0.29) is 0 Å². The molecule has 8 aromatic carbocycles. The van der Waals surface area contributed by atoms with Crippen molar-refractivity contribution in [3.63, 3.8) is 0 Å². The molecule has 0 saturated heterocycles. The van der Waals surface area contributed by atoms with Crippen molar-refractivity contribution in [1.82, 2.24) is 19.1 Å². The van der Waals surface area contributed by atoms with Crippen LogP contribution in [-0.2, 0) is 0 Å². The number of fused-ring (bicyclic) bond motifs is 13. The van der Waals surface area contributed by atoms with Crippen molar-refractivity contribution in [2.24, 2.45) is 0 Å². The Morgan fingerprint density at radius 2 is 1.00 bits per heavy atom. The van der Waals surface area contributed by atoms with Gasteiger partial charge >= 0.3 is 0 Å². The fourth-order valence-corrected chi connectivity index (χ4v) is 9.03. The molecule has 0 aliphatic heterocycles. The van der Waals surface area contributed by atoms with E-state index >= 15 is 0 Å². The van der Waals surface area contributed by atoms with Gasteiger partial charge < -0.3 is 13.6 Å². The Morgan fingerprint density at radius 3 is 1.71 bits per heavy atom. The number of nitrogens with zero attached hydrogens (tertiary/aromatic N) is 4. The number of hydrogen-bond acceptors (Lipinski definition) is 3.